The standard InChI is InChI=1S/C24H40N2O5SSi/c1-10-21(27)23(18-11-13-19(14-12-18)32(29,30)25-16(2)3)20-15-22(28)26(20)17(4)31-33(8,9)24(5,6)7/h11-14,16-17,20,23,25H,10,15H2,1-9H3/t17?,20?,23-/m1/s1. The number of ketones is 1. The highest BCUT2D eigenvalue weighted by Crippen LogP contribution is 2.41. The van der Waals surface area contributed by atoms with Gasteiger partial charge in [0.25, 0.3) is 0 Å². The maximum atomic E-state index is 13.0. The number of hydrogen-bond donors (Lipinski definition) is 1. The molecule has 0 saturated carbocycles. The molecule has 186 valence electrons. The summed E-state index contributed by atoms with van der Waals surface area (Å²) in [4.78, 5) is 27.5. The first-order valence-electron chi connectivity index (χ1n) is 11.7. The van der Waals surface area contributed by atoms with E-state index in [1.807, 2.05) is 6.92 Å². The summed E-state index contributed by atoms with van der Waals surface area (Å²) in [5.41, 5.74) is 0.715. The largest absolute Gasteiger partial charge is 0.397 e. The van der Waals surface area contributed by atoms with E-state index in [0.29, 0.717) is 12.0 Å². The Hall–Kier alpha value is -1.55. The number of Topliss-reactive ketones (excluding diaryl/α,β-unsaturated/α-hetero) is 1. The maximum absolute atomic E-state index is 13.0. The summed E-state index contributed by atoms with van der Waals surface area (Å²) >= 11 is 0. The van der Waals surface area contributed by atoms with Crippen LogP contribution in [0, 0.1) is 0 Å². The second-order valence-electron chi connectivity index (χ2n) is 10.7. The van der Waals surface area contributed by atoms with Crippen LogP contribution in [0.25, 0.3) is 0 Å². The fourth-order valence-corrected chi connectivity index (χ4v) is 6.51. The van der Waals surface area contributed by atoms with Crippen molar-refractivity contribution in [2.24, 2.45) is 0 Å². The lowest BCUT2D eigenvalue weighted by Crippen LogP contribution is -2.62. The zero-order valence-electron chi connectivity index (χ0n) is 21.4. The zero-order chi connectivity index (χ0) is 25.4. The summed E-state index contributed by atoms with van der Waals surface area (Å²) in [6.07, 6.45) is 0.172. The Balaban J connectivity index is 2.33. The van der Waals surface area contributed by atoms with Crippen molar-refractivity contribution in [3.8, 4) is 0 Å². The number of likely N-dealkylation sites (tertiary alicyclic amines) is 1. The van der Waals surface area contributed by atoms with Gasteiger partial charge in [0, 0.05) is 18.9 Å². The molecule has 1 saturated heterocycles. The third-order valence-electron chi connectivity index (χ3n) is 6.71. The third kappa shape index (κ3) is 6.12. The van der Waals surface area contributed by atoms with Crippen molar-refractivity contribution in [3.05, 3.63) is 29.8 Å². The van der Waals surface area contributed by atoms with E-state index in [9.17, 15) is 18.0 Å². The number of carbonyl (C=O) groups excluding carboxylic acids is 2. The van der Waals surface area contributed by atoms with E-state index in [4.69, 9.17) is 4.43 Å². The number of nitrogens with zero attached hydrogens (tertiary/aromatic N) is 1. The van der Waals surface area contributed by atoms with Crippen LogP contribution in [0.4, 0.5) is 0 Å². The topological polar surface area (TPSA) is 92.8 Å². The fourth-order valence-electron chi connectivity index (χ4n) is 3.94. The summed E-state index contributed by atoms with van der Waals surface area (Å²) in [5, 5.41) is -0.00530. The van der Waals surface area contributed by atoms with Gasteiger partial charge in [-0.1, -0.05) is 39.8 Å². The average molecular weight is 497 g/mol. The highest BCUT2D eigenvalue weighted by atomic mass is 32.2. The number of amides is 1. The van der Waals surface area contributed by atoms with Crippen LogP contribution in [0.1, 0.15) is 72.8 Å². The first-order valence-corrected chi connectivity index (χ1v) is 16.0. The summed E-state index contributed by atoms with van der Waals surface area (Å²) < 4.78 is 34.0. The van der Waals surface area contributed by atoms with Crippen LogP contribution in [0.3, 0.4) is 0 Å². The molecule has 1 heterocycles. The smallest absolute Gasteiger partial charge is 0.240 e. The van der Waals surface area contributed by atoms with Crippen molar-refractivity contribution in [1.29, 1.82) is 0 Å². The van der Waals surface area contributed by atoms with Crippen molar-refractivity contribution >= 4 is 30.0 Å². The first-order chi connectivity index (χ1) is 15.0. The van der Waals surface area contributed by atoms with Crippen molar-refractivity contribution in [2.45, 2.75) is 109 Å². The third-order valence-corrected chi connectivity index (χ3v) is 12.9. The van der Waals surface area contributed by atoms with Crippen molar-refractivity contribution < 1.29 is 22.4 Å². The van der Waals surface area contributed by atoms with E-state index in [1.54, 1.807) is 37.8 Å². The molecule has 1 N–H and O–H groups in total. The van der Waals surface area contributed by atoms with E-state index in [0.717, 1.165) is 0 Å². The van der Waals surface area contributed by atoms with Gasteiger partial charge in [0.05, 0.1) is 16.9 Å². The highest BCUT2D eigenvalue weighted by molar-refractivity contribution is 7.89. The molecule has 0 radical (unpaired) electrons. The van der Waals surface area contributed by atoms with Gasteiger partial charge in [0.2, 0.25) is 15.9 Å². The number of nitrogens with one attached hydrogen (secondary N) is 1. The average Bonchev–Trinajstić information content (AvgIpc) is 2.65. The molecule has 33 heavy (non-hydrogen) atoms. The summed E-state index contributed by atoms with van der Waals surface area (Å²) in [6, 6.07) is 5.90. The molecule has 2 unspecified atom stereocenters. The molecule has 9 heteroatoms. The number of β-lactam (4-membered cyclic amide) rings is 1. The molecule has 1 aromatic rings. The number of hydrogen-bond acceptors (Lipinski definition) is 5. The van der Waals surface area contributed by atoms with E-state index in [-0.39, 0.29) is 40.1 Å². The molecule has 0 bridgehead atoms. The van der Waals surface area contributed by atoms with Gasteiger partial charge in [-0.3, -0.25) is 9.59 Å². The lowest BCUT2D eigenvalue weighted by Gasteiger charge is -2.50. The monoisotopic (exact) mass is 496 g/mol. The zero-order valence-corrected chi connectivity index (χ0v) is 23.2. The van der Waals surface area contributed by atoms with Crippen molar-refractivity contribution in [1.82, 2.24) is 9.62 Å². The van der Waals surface area contributed by atoms with Gasteiger partial charge in [-0.15, -0.1) is 0 Å². The van der Waals surface area contributed by atoms with Crippen LogP contribution in [0.2, 0.25) is 18.1 Å². The SMILES string of the molecule is CCC(=O)[C@H](c1ccc(S(=O)(=O)NC(C)C)cc1)C1CC(=O)N1C(C)O[Si](C)(C)C(C)(C)C. The molecular formula is C24H40N2O5SSi. The summed E-state index contributed by atoms with van der Waals surface area (Å²) in [7, 11) is -5.74. The van der Waals surface area contributed by atoms with E-state index in [1.165, 1.54) is 12.1 Å². The number of rotatable bonds is 10. The van der Waals surface area contributed by atoms with Gasteiger partial charge in [-0.25, -0.2) is 13.1 Å². The lowest BCUT2D eigenvalue weighted by molar-refractivity contribution is -0.162. The molecule has 0 aromatic heterocycles. The van der Waals surface area contributed by atoms with E-state index >= 15 is 0 Å². The van der Waals surface area contributed by atoms with Crippen LogP contribution < -0.4 is 4.72 Å². The van der Waals surface area contributed by atoms with Crippen LogP contribution in [0.5, 0.6) is 0 Å². The number of carbonyl (C=O) groups is 2. The molecule has 1 aromatic carbocycles. The Kier molecular flexibility index (Phi) is 8.37. The van der Waals surface area contributed by atoms with Crippen LogP contribution >= 0.6 is 0 Å². The second kappa shape index (κ2) is 9.97. The van der Waals surface area contributed by atoms with Crippen molar-refractivity contribution in [3.63, 3.8) is 0 Å². The first kappa shape index (κ1) is 27.7. The normalized spacial score (nSPS) is 19.4. The Bertz CT molecular complexity index is 968. The fraction of sp³-hybridized carbons (Fsp3) is 0.667. The van der Waals surface area contributed by atoms with Gasteiger partial charge in [-0.05, 0) is 56.6 Å². The summed E-state index contributed by atoms with van der Waals surface area (Å²) in [5.74, 6) is -0.527. The summed E-state index contributed by atoms with van der Waals surface area (Å²) in [6.45, 7) is 17.9. The Morgan fingerprint density at radius 3 is 2.15 bits per heavy atom. The second-order valence-corrected chi connectivity index (χ2v) is 17.2. The predicted molar refractivity (Wildman–Crippen MR) is 133 cm³/mol. The van der Waals surface area contributed by atoms with Crippen LogP contribution in [-0.2, 0) is 24.0 Å². The molecule has 2 rings (SSSR count). The Labute approximate surface area is 200 Å². The van der Waals surface area contributed by atoms with Gasteiger partial charge < -0.3 is 9.33 Å². The Morgan fingerprint density at radius 1 is 1.18 bits per heavy atom. The molecule has 1 aliphatic rings. The van der Waals surface area contributed by atoms with Crippen LogP contribution in [-0.4, -0.2) is 51.6 Å². The minimum absolute atomic E-state index is 0.00530. The van der Waals surface area contributed by atoms with Gasteiger partial charge in [-0.2, -0.15) is 0 Å². The Morgan fingerprint density at radius 2 is 1.73 bits per heavy atom. The minimum atomic E-state index is -3.62. The molecular weight excluding hydrogens is 456 g/mol. The molecule has 1 amide bonds. The van der Waals surface area contributed by atoms with Gasteiger partial charge >= 0.3 is 0 Å². The highest BCUT2D eigenvalue weighted by Gasteiger charge is 2.49. The lowest BCUT2D eigenvalue weighted by atomic mass is 9.80. The minimum Gasteiger partial charge on any atom is -0.397 e. The number of benzene rings is 1. The molecule has 1 aliphatic heterocycles. The number of sulfonamides is 1. The molecule has 1 fully saturated rings. The predicted octanol–water partition coefficient (Wildman–Crippen LogP) is 4.40. The molecule has 7 nitrogen and oxygen atoms in total. The molecule has 0 spiro atoms. The quantitative estimate of drug-likeness (QED) is 0.383. The van der Waals surface area contributed by atoms with Crippen LogP contribution in [0.15, 0.2) is 29.2 Å². The maximum Gasteiger partial charge on any atom is 0.240 e. The molecule has 0 aliphatic carbocycles. The van der Waals surface area contributed by atoms with E-state index in [2.05, 4.69) is 38.6 Å². The molecule has 3 atom stereocenters. The van der Waals surface area contributed by atoms with Gasteiger partial charge in [0.15, 0.2) is 8.32 Å². The van der Waals surface area contributed by atoms with E-state index < -0.39 is 30.5 Å². The van der Waals surface area contributed by atoms with Gasteiger partial charge in [0.1, 0.15) is 12.0 Å². The van der Waals surface area contributed by atoms with Crippen molar-refractivity contribution in [2.75, 3.05) is 0 Å².